The molecule has 4 fully saturated rings. The molecule has 5 aromatic rings. The summed E-state index contributed by atoms with van der Waals surface area (Å²) in [4.78, 5) is 14.0. The van der Waals surface area contributed by atoms with Crippen LogP contribution in [0.1, 0.15) is 37.7 Å². The van der Waals surface area contributed by atoms with Crippen LogP contribution in [-0.2, 0) is 11.8 Å². The Kier molecular flexibility index (Phi) is 6.81. The minimum absolute atomic E-state index is 0.000248. The third kappa shape index (κ3) is 4.66. The predicted octanol–water partition coefficient (Wildman–Crippen LogP) is 5.87. The van der Waals surface area contributed by atoms with E-state index in [9.17, 15) is 9.50 Å². The summed E-state index contributed by atoms with van der Waals surface area (Å²) in [6, 6.07) is 5.58. The average Bonchev–Trinajstić information content (AvgIpc) is 3.74. The van der Waals surface area contributed by atoms with E-state index in [4.69, 9.17) is 31.0 Å². The summed E-state index contributed by atoms with van der Waals surface area (Å²) >= 11 is 0. The van der Waals surface area contributed by atoms with Crippen molar-refractivity contribution in [2.75, 3.05) is 50.9 Å². The van der Waals surface area contributed by atoms with Crippen LogP contribution in [0.5, 0.6) is 11.8 Å². The first-order valence-corrected chi connectivity index (χ1v) is 16.8. The number of aromatic hydroxyl groups is 1. The number of piperidine rings is 1. The molecule has 0 radical (unpaired) electrons. The fraction of sp³-hybridized carbons (Fsp3) is 0.432. The molecule has 12 heteroatoms. The van der Waals surface area contributed by atoms with Gasteiger partial charge in [0.2, 0.25) is 0 Å². The van der Waals surface area contributed by atoms with Crippen LogP contribution in [0.15, 0.2) is 30.5 Å². The number of halogens is 3. The summed E-state index contributed by atoms with van der Waals surface area (Å²) in [5.74, 6) is 1.45. The zero-order valence-corrected chi connectivity index (χ0v) is 27.1. The van der Waals surface area contributed by atoms with Gasteiger partial charge >= 0.3 is 6.01 Å². The second kappa shape index (κ2) is 11.0. The van der Waals surface area contributed by atoms with Gasteiger partial charge in [0.25, 0.3) is 0 Å². The fourth-order valence-electron chi connectivity index (χ4n) is 8.88. The van der Waals surface area contributed by atoms with Crippen molar-refractivity contribution in [1.82, 2.24) is 24.6 Å². The summed E-state index contributed by atoms with van der Waals surface area (Å²) < 4.78 is 60.8. The highest BCUT2D eigenvalue weighted by Gasteiger charge is 2.49. The smallest absolute Gasteiger partial charge is 0.319 e. The van der Waals surface area contributed by atoms with Gasteiger partial charge in [-0.3, -0.25) is 9.58 Å². The molecule has 49 heavy (non-hydrogen) atoms. The van der Waals surface area contributed by atoms with Crippen molar-refractivity contribution < 1.29 is 27.8 Å². The number of ether oxygens (including phenoxy) is 2. The van der Waals surface area contributed by atoms with Crippen LogP contribution < -0.4 is 9.64 Å². The maximum absolute atomic E-state index is 17.5. The monoisotopic (exact) mass is 668 g/mol. The first kappa shape index (κ1) is 30.5. The number of aromatic nitrogens is 4. The summed E-state index contributed by atoms with van der Waals surface area (Å²) in [7, 11) is 1.74. The molecule has 252 valence electrons. The van der Waals surface area contributed by atoms with E-state index < -0.39 is 23.3 Å². The van der Waals surface area contributed by atoms with Gasteiger partial charge in [-0.2, -0.15) is 15.1 Å². The van der Waals surface area contributed by atoms with Crippen LogP contribution in [-0.4, -0.2) is 87.5 Å². The number of alkyl halides is 1. The van der Waals surface area contributed by atoms with Crippen LogP contribution in [0.4, 0.5) is 19.0 Å². The first-order chi connectivity index (χ1) is 23.7. The van der Waals surface area contributed by atoms with Crippen molar-refractivity contribution in [3.63, 3.8) is 0 Å². The third-order valence-corrected chi connectivity index (χ3v) is 11.1. The molecule has 1 spiro atoms. The Morgan fingerprint density at radius 3 is 2.73 bits per heavy atom. The van der Waals surface area contributed by atoms with Crippen LogP contribution in [0.3, 0.4) is 0 Å². The van der Waals surface area contributed by atoms with E-state index in [0.29, 0.717) is 66.8 Å². The molecule has 9 rings (SSSR count). The van der Waals surface area contributed by atoms with E-state index in [2.05, 4.69) is 15.7 Å². The Balaban J connectivity index is 1.29. The summed E-state index contributed by atoms with van der Waals surface area (Å²) in [6.45, 7) is 4.04. The van der Waals surface area contributed by atoms with Gasteiger partial charge in [-0.05, 0) is 61.4 Å². The average molecular weight is 669 g/mol. The Morgan fingerprint density at radius 1 is 1.10 bits per heavy atom. The Morgan fingerprint density at radius 2 is 1.94 bits per heavy atom. The quantitative estimate of drug-likeness (QED) is 0.233. The number of phenolic OH excluding ortho intramolecular Hbond substituents is 1. The zero-order chi connectivity index (χ0) is 33.7. The van der Waals surface area contributed by atoms with E-state index in [0.717, 1.165) is 32.2 Å². The summed E-state index contributed by atoms with van der Waals surface area (Å²) in [6.07, 6.45) is 10.7. The predicted molar refractivity (Wildman–Crippen MR) is 180 cm³/mol. The molecule has 3 aromatic carbocycles. The molecule has 2 aromatic heterocycles. The van der Waals surface area contributed by atoms with Crippen molar-refractivity contribution in [1.29, 1.82) is 0 Å². The first-order valence-electron chi connectivity index (χ1n) is 16.8. The molecule has 2 atom stereocenters. The number of rotatable bonds is 5. The van der Waals surface area contributed by atoms with Gasteiger partial charge in [0, 0.05) is 61.1 Å². The third-order valence-electron chi connectivity index (χ3n) is 11.1. The van der Waals surface area contributed by atoms with Crippen molar-refractivity contribution in [2.45, 2.75) is 43.8 Å². The van der Waals surface area contributed by atoms with Crippen LogP contribution in [0.2, 0.25) is 0 Å². The number of phenols is 1. The fourth-order valence-corrected chi connectivity index (χ4v) is 8.88. The molecule has 0 aliphatic carbocycles. The van der Waals surface area contributed by atoms with Gasteiger partial charge < -0.3 is 19.5 Å². The SMILES string of the molecule is C#Cc1c(F)ccc2cc(O)cc(-c3c(F)c4nc(OC[C@@]56CCCN5C[C@H](F)C6)nc(N5CCCC6(COC6)C5)c4c4cn(C)nc34)c12. The molecule has 1 N–H and O–H groups in total. The van der Waals surface area contributed by atoms with Gasteiger partial charge in [0.05, 0.1) is 29.7 Å². The summed E-state index contributed by atoms with van der Waals surface area (Å²) in [5.41, 5.74) is 0.00687. The number of anilines is 1. The molecule has 0 bridgehead atoms. The maximum atomic E-state index is 17.5. The Hall–Kier alpha value is -4.60. The Labute approximate surface area is 280 Å². The molecule has 6 heterocycles. The highest BCUT2D eigenvalue weighted by atomic mass is 19.1. The molecule has 9 nitrogen and oxygen atoms in total. The zero-order valence-electron chi connectivity index (χ0n) is 27.1. The standard InChI is InChI=1S/C37H35F3N6O3/c1-3-24-27(39)7-6-21-12-23(47)13-25(28(21)24)29-31(40)33-30(26-16-44(2)43-32(26)29)34(45-10-4-8-36(17-45)18-48-19-36)42-35(41-33)49-20-37-9-5-11-46(37)15-22(38)14-37/h1,6-7,12-13,16,22,47H,4-5,8-11,14-15,17-20H2,2H3/t22-,37+/m1/s1. The number of nitrogens with zero attached hydrogens (tertiary/aromatic N) is 6. The van der Waals surface area contributed by atoms with Crippen molar-refractivity contribution >= 4 is 38.4 Å². The van der Waals surface area contributed by atoms with Crippen molar-refractivity contribution in [3.05, 3.63) is 47.7 Å². The lowest BCUT2D eigenvalue weighted by Crippen LogP contribution is -2.54. The summed E-state index contributed by atoms with van der Waals surface area (Å²) in [5, 5.41) is 17.3. The molecule has 0 unspecified atom stereocenters. The van der Waals surface area contributed by atoms with Crippen LogP contribution >= 0.6 is 0 Å². The maximum Gasteiger partial charge on any atom is 0.319 e. The van der Waals surface area contributed by atoms with E-state index in [1.54, 1.807) is 17.9 Å². The van der Waals surface area contributed by atoms with E-state index in [-0.39, 0.29) is 51.4 Å². The number of terminal acetylenes is 1. The normalized spacial score (nSPS) is 23.4. The van der Waals surface area contributed by atoms with Crippen molar-refractivity contribution in [2.24, 2.45) is 12.5 Å². The Bertz CT molecular complexity index is 2230. The number of hydrogen-bond donors (Lipinski definition) is 1. The van der Waals surface area contributed by atoms with Gasteiger partial charge in [-0.15, -0.1) is 6.42 Å². The molecule has 4 aliphatic rings. The van der Waals surface area contributed by atoms with Gasteiger partial charge in [-0.1, -0.05) is 12.0 Å². The molecule has 4 saturated heterocycles. The molecular formula is C37H35F3N6O3. The number of aryl methyl sites for hydroxylation is 1. The van der Waals surface area contributed by atoms with Crippen LogP contribution in [0.25, 0.3) is 43.7 Å². The molecule has 0 saturated carbocycles. The second-order valence-electron chi connectivity index (χ2n) is 14.3. The lowest BCUT2D eigenvalue weighted by molar-refractivity contribution is -0.117. The second-order valence-corrected chi connectivity index (χ2v) is 14.3. The van der Waals surface area contributed by atoms with E-state index >= 15 is 8.78 Å². The lowest BCUT2D eigenvalue weighted by atomic mass is 9.78. The highest BCUT2D eigenvalue weighted by molar-refractivity contribution is 6.18. The van der Waals surface area contributed by atoms with Crippen LogP contribution in [0, 0.1) is 29.4 Å². The van der Waals surface area contributed by atoms with E-state index in [1.165, 1.54) is 24.3 Å². The lowest BCUT2D eigenvalue weighted by Gasteiger charge is -2.48. The number of hydrogen-bond acceptors (Lipinski definition) is 8. The van der Waals surface area contributed by atoms with Gasteiger partial charge in [0.1, 0.15) is 41.2 Å². The van der Waals surface area contributed by atoms with Gasteiger partial charge in [0.15, 0.2) is 5.82 Å². The largest absolute Gasteiger partial charge is 0.508 e. The molecule has 0 amide bonds. The molecular weight excluding hydrogens is 633 g/mol. The van der Waals surface area contributed by atoms with E-state index in [1.807, 2.05) is 0 Å². The number of fused-ring (bicyclic) bond motifs is 5. The van der Waals surface area contributed by atoms with Gasteiger partial charge in [-0.25, -0.2) is 13.2 Å². The number of benzene rings is 3. The van der Waals surface area contributed by atoms with Crippen molar-refractivity contribution in [3.8, 4) is 35.2 Å². The minimum Gasteiger partial charge on any atom is -0.508 e. The minimum atomic E-state index is -0.931. The molecule has 4 aliphatic heterocycles. The topological polar surface area (TPSA) is 88.8 Å². The highest BCUT2D eigenvalue weighted by Crippen LogP contribution is 2.47.